The van der Waals surface area contributed by atoms with Crippen molar-refractivity contribution in [1.82, 2.24) is 9.97 Å². The van der Waals surface area contributed by atoms with Crippen LogP contribution in [0, 0.1) is 0 Å². The van der Waals surface area contributed by atoms with Crippen LogP contribution in [0.5, 0.6) is 0 Å². The number of pyridine rings is 3. The quantitative estimate of drug-likeness (QED) is 0.268. The second kappa shape index (κ2) is 8.96. The maximum absolute atomic E-state index is 4.50. The van der Waals surface area contributed by atoms with Gasteiger partial charge in [-0.3, -0.25) is 9.97 Å². The Labute approximate surface area is 204 Å². The highest BCUT2D eigenvalue weighted by Crippen LogP contribution is 2.24. The van der Waals surface area contributed by atoms with Gasteiger partial charge in [-0.15, -0.1) is 0 Å². The lowest BCUT2D eigenvalue weighted by molar-refractivity contribution is -0.646. The number of aryl methyl sites for hydroxylation is 1. The number of para-hydroxylation sites is 3. The first-order chi connectivity index (χ1) is 17.3. The first-order valence-corrected chi connectivity index (χ1v) is 11.7. The molecule has 3 heteroatoms. The lowest BCUT2D eigenvalue weighted by atomic mass is 10.0. The number of nitrogens with zero attached hydrogens (tertiary/aromatic N) is 3. The number of aromatic nitrogens is 3. The van der Waals surface area contributed by atoms with Gasteiger partial charge in [-0.05, 0) is 53.1 Å². The van der Waals surface area contributed by atoms with Gasteiger partial charge in [0.15, 0.2) is 0 Å². The van der Waals surface area contributed by atoms with E-state index in [9.17, 15) is 0 Å². The van der Waals surface area contributed by atoms with E-state index in [0.29, 0.717) is 0 Å². The average Bonchev–Trinajstić information content (AvgIpc) is 2.92. The molecule has 0 aliphatic carbocycles. The maximum atomic E-state index is 4.50. The summed E-state index contributed by atoms with van der Waals surface area (Å²) in [4.78, 5) is 8.99. The van der Waals surface area contributed by atoms with Crippen molar-refractivity contribution in [3.05, 3.63) is 126 Å². The molecule has 0 bridgehead atoms. The minimum atomic E-state index is 1.01. The average molecular weight is 451 g/mol. The summed E-state index contributed by atoms with van der Waals surface area (Å²) >= 11 is 0. The largest absolute Gasteiger partial charge is 0.256 e. The molecule has 3 aromatic carbocycles. The van der Waals surface area contributed by atoms with E-state index in [-0.39, 0.29) is 0 Å². The van der Waals surface area contributed by atoms with Crippen LogP contribution in [0.3, 0.4) is 0 Å². The summed E-state index contributed by atoms with van der Waals surface area (Å²) in [6.45, 7) is 0. The zero-order valence-corrected chi connectivity index (χ0v) is 19.5. The Morgan fingerprint density at radius 3 is 1.71 bits per heavy atom. The topological polar surface area (TPSA) is 29.7 Å². The van der Waals surface area contributed by atoms with E-state index in [4.69, 9.17) is 0 Å². The normalized spacial score (nSPS) is 11.9. The van der Waals surface area contributed by atoms with Crippen molar-refractivity contribution >= 4 is 57.0 Å². The Morgan fingerprint density at radius 1 is 0.543 bits per heavy atom. The molecule has 0 spiro atoms. The monoisotopic (exact) mass is 450 g/mol. The number of hydrogen-bond donors (Lipinski definition) is 0. The van der Waals surface area contributed by atoms with E-state index in [1.165, 1.54) is 16.5 Å². The molecule has 0 amide bonds. The summed E-state index contributed by atoms with van der Waals surface area (Å²) in [5.74, 6) is 0. The Hall–Kier alpha value is -4.63. The molecular weight excluding hydrogens is 426 g/mol. The molecule has 0 N–H and O–H groups in total. The standard InChI is InChI=1S/C32H24N3/c1-35-26(17-16-24-19-21-34-31-12-6-3-9-28(24)31)22-25(29-10-4-7-13-32(29)35)15-14-23-18-20-33-30-11-5-2-8-27(23)30/h2-22H,1H3/q+1/b15-14+,17-16+. The molecular formula is C32H24N3+. The molecule has 0 fully saturated rings. The summed E-state index contributed by atoms with van der Waals surface area (Å²) in [7, 11) is 2.12. The van der Waals surface area contributed by atoms with Crippen molar-refractivity contribution in [3.8, 4) is 0 Å². The molecule has 0 radical (unpaired) electrons. The smallest absolute Gasteiger partial charge is 0.213 e. The molecule has 0 aliphatic rings. The molecule has 0 unspecified atom stereocenters. The third-order valence-corrected chi connectivity index (χ3v) is 6.51. The highest BCUT2D eigenvalue weighted by Gasteiger charge is 2.13. The van der Waals surface area contributed by atoms with Crippen LogP contribution in [0.15, 0.2) is 103 Å². The third-order valence-electron chi connectivity index (χ3n) is 6.51. The van der Waals surface area contributed by atoms with E-state index in [1.807, 2.05) is 24.5 Å². The van der Waals surface area contributed by atoms with Gasteiger partial charge in [-0.1, -0.05) is 60.7 Å². The summed E-state index contributed by atoms with van der Waals surface area (Å²) in [6, 6.07) is 31.5. The number of rotatable bonds is 4. The molecule has 0 saturated carbocycles. The van der Waals surface area contributed by atoms with E-state index < -0.39 is 0 Å². The molecule has 166 valence electrons. The first-order valence-electron chi connectivity index (χ1n) is 11.7. The summed E-state index contributed by atoms with van der Waals surface area (Å²) in [5.41, 5.74) is 7.83. The Balaban J connectivity index is 1.46. The van der Waals surface area contributed by atoms with Gasteiger partial charge in [-0.2, -0.15) is 4.57 Å². The van der Waals surface area contributed by atoms with Crippen LogP contribution < -0.4 is 4.57 Å². The van der Waals surface area contributed by atoms with Gasteiger partial charge in [0.25, 0.3) is 0 Å². The Bertz CT molecular complexity index is 1750. The molecule has 0 aliphatic heterocycles. The van der Waals surface area contributed by atoms with Crippen LogP contribution in [-0.2, 0) is 7.05 Å². The van der Waals surface area contributed by atoms with Crippen LogP contribution in [0.2, 0.25) is 0 Å². The lowest BCUT2D eigenvalue weighted by Gasteiger charge is -2.06. The maximum Gasteiger partial charge on any atom is 0.213 e. The van der Waals surface area contributed by atoms with Gasteiger partial charge in [0, 0.05) is 41.4 Å². The van der Waals surface area contributed by atoms with Crippen LogP contribution in [0.1, 0.15) is 22.4 Å². The summed E-state index contributed by atoms with van der Waals surface area (Å²) in [5, 5.41) is 3.53. The molecule has 0 saturated heterocycles. The molecule has 6 aromatic rings. The second-order valence-corrected chi connectivity index (χ2v) is 8.60. The molecule has 3 aromatic heterocycles. The third kappa shape index (κ3) is 3.98. The fourth-order valence-corrected chi connectivity index (χ4v) is 4.66. The Kier molecular flexibility index (Phi) is 5.36. The predicted molar refractivity (Wildman–Crippen MR) is 146 cm³/mol. The Morgan fingerprint density at radius 2 is 1.06 bits per heavy atom. The van der Waals surface area contributed by atoms with Crippen LogP contribution in [-0.4, -0.2) is 9.97 Å². The van der Waals surface area contributed by atoms with Gasteiger partial charge in [0.05, 0.1) is 16.4 Å². The van der Waals surface area contributed by atoms with Crippen molar-refractivity contribution < 1.29 is 4.57 Å². The van der Waals surface area contributed by atoms with Crippen molar-refractivity contribution in [3.63, 3.8) is 0 Å². The molecule has 6 rings (SSSR count). The van der Waals surface area contributed by atoms with Gasteiger partial charge in [-0.25, -0.2) is 0 Å². The van der Waals surface area contributed by atoms with Crippen molar-refractivity contribution in [2.45, 2.75) is 0 Å². The van der Waals surface area contributed by atoms with Crippen LogP contribution in [0.4, 0.5) is 0 Å². The van der Waals surface area contributed by atoms with Crippen molar-refractivity contribution in [2.75, 3.05) is 0 Å². The zero-order chi connectivity index (χ0) is 23.6. The SMILES string of the molecule is C[n+]1c(/C=C/c2ccnc3ccccc23)cc(/C=C/c2ccnc3ccccc23)c2ccccc21. The molecule has 35 heavy (non-hydrogen) atoms. The number of fused-ring (bicyclic) bond motifs is 3. The van der Waals surface area contributed by atoms with E-state index >= 15 is 0 Å². The number of hydrogen-bond acceptors (Lipinski definition) is 2. The lowest BCUT2D eigenvalue weighted by Crippen LogP contribution is -2.33. The highest BCUT2D eigenvalue weighted by molar-refractivity contribution is 5.95. The van der Waals surface area contributed by atoms with Crippen molar-refractivity contribution in [1.29, 1.82) is 0 Å². The molecule has 3 nitrogen and oxygen atoms in total. The fraction of sp³-hybridized carbons (Fsp3) is 0.0312. The fourth-order valence-electron chi connectivity index (χ4n) is 4.66. The number of benzene rings is 3. The van der Waals surface area contributed by atoms with Gasteiger partial charge >= 0.3 is 0 Å². The van der Waals surface area contributed by atoms with E-state index in [0.717, 1.165) is 38.6 Å². The minimum Gasteiger partial charge on any atom is -0.256 e. The molecule has 0 atom stereocenters. The molecule has 3 heterocycles. The van der Waals surface area contributed by atoms with Crippen LogP contribution >= 0.6 is 0 Å². The minimum absolute atomic E-state index is 1.01. The van der Waals surface area contributed by atoms with Gasteiger partial charge < -0.3 is 0 Å². The van der Waals surface area contributed by atoms with Gasteiger partial charge in [0.1, 0.15) is 7.05 Å². The van der Waals surface area contributed by atoms with Crippen molar-refractivity contribution in [2.24, 2.45) is 7.05 Å². The van der Waals surface area contributed by atoms with Gasteiger partial charge in [0.2, 0.25) is 11.2 Å². The first kappa shape index (κ1) is 20.9. The highest BCUT2D eigenvalue weighted by atomic mass is 14.9. The van der Waals surface area contributed by atoms with E-state index in [1.54, 1.807) is 0 Å². The predicted octanol–water partition coefficient (Wildman–Crippen LogP) is 7.10. The van der Waals surface area contributed by atoms with Crippen LogP contribution in [0.25, 0.3) is 57.0 Å². The summed E-state index contributed by atoms with van der Waals surface area (Å²) in [6.07, 6.45) is 12.5. The summed E-state index contributed by atoms with van der Waals surface area (Å²) < 4.78 is 2.24. The van der Waals surface area contributed by atoms with E-state index in [2.05, 4.69) is 125 Å². The zero-order valence-electron chi connectivity index (χ0n) is 19.5. The second-order valence-electron chi connectivity index (χ2n) is 8.60.